The number of rotatable bonds is 8. The Hall–Kier alpha value is -5.40. The number of nitro groups is 2. The molecule has 0 saturated carbocycles. The first-order chi connectivity index (χ1) is 17.6. The fraction of sp³-hybridized carbons (Fsp3) is 0.0870. The molecule has 0 radical (unpaired) electrons. The summed E-state index contributed by atoms with van der Waals surface area (Å²) in [6.07, 6.45) is 0. The minimum Gasteiger partial charge on any atom is -0.493 e. The molecule has 13 nitrogen and oxygen atoms in total. The molecule has 2 N–H and O–H groups in total. The highest BCUT2D eigenvalue weighted by atomic mass is 19.1. The number of hydrogen-bond donors (Lipinski definition) is 2. The van der Waals surface area contributed by atoms with Crippen molar-refractivity contribution >= 4 is 34.6 Å². The molecule has 0 atom stereocenters. The zero-order valence-corrected chi connectivity index (χ0v) is 19.3. The van der Waals surface area contributed by atoms with E-state index in [1.165, 1.54) is 50.4 Å². The molecule has 3 rings (SSSR count). The number of benzene rings is 3. The molecular formula is C23H18FN5O8. The summed E-state index contributed by atoms with van der Waals surface area (Å²) in [7, 11) is 1.32. The van der Waals surface area contributed by atoms with Crippen LogP contribution in [0.3, 0.4) is 0 Å². The van der Waals surface area contributed by atoms with Crippen LogP contribution in [0.2, 0.25) is 0 Å². The second-order valence-corrected chi connectivity index (χ2v) is 7.21. The van der Waals surface area contributed by atoms with Crippen LogP contribution in [0.4, 0.5) is 21.5 Å². The van der Waals surface area contributed by atoms with Crippen molar-refractivity contribution in [1.29, 1.82) is 0 Å². The Morgan fingerprint density at radius 1 is 0.919 bits per heavy atom. The van der Waals surface area contributed by atoms with Gasteiger partial charge in [0.1, 0.15) is 5.82 Å². The van der Waals surface area contributed by atoms with Gasteiger partial charge in [-0.1, -0.05) is 12.1 Å². The van der Waals surface area contributed by atoms with E-state index in [0.717, 1.165) is 24.3 Å². The molecule has 0 fully saturated rings. The van der Waals surface area contributed by atoms with Crippen LogP contribution < -0.4 is 20.2 Å². The van der Waals surface area contributed by atoms with Crippen LogP contribution >= 0.6 is 0 Å². The number of carbonyl (C=O) groups is 2. The molecule has 2 amide bonds. The van der Waals surface area contributed by atoms with Gasteiger partial charge in [-0.15, -0.1) is 0 Å². The summed E-state index contributed by atoms with van der Waals surface area (Å²) in [5.74, 6) is -3.04. The average molecular weight is 511 g/mol. The Bertz CT molecular complexity index is 1430. The number of para-hydroxylation sites is 1. The molecule has 3 aromatic carbocycles. The number of non-ortho nitro benzene ring substituents is 1. The molecule has 37 heavy (non-hydrogen) atoms. The van der Waals surface area contributed by atoms with E-state index in [9.17, 15) is 34.2 Å². The molecule has 3 aromatic rings. The van der Waals surface area contributed by atoms with Crippen molar-refractivity contribution in [2.45, 2.75) is 6.92 Å². The van der Waals surface area contributed by atoms with E-state index in [4.69, 9.17) is 9.47 Å². The van der Waals surface area contributed by atoms with Crippen molar-refractivity contribution in [3.8, 4) is 17.2 Å². The predicted molar refractivity (Wildman–Crippen MR) is 128 cm³/mol. The lowest BCUT2D eigenvalue weighted by Crippen LogP contribution is -2.33. The highest BCUT2D eigenvalue weighted by Gasteiger charge is 2.22. The van der Waals surface area contributed by atoms with E-state index >= 15 is 0 Å². The van der Waals surface area contributed by atoms with Gasteiger partial charge >= 0.3 is 17.5 Å². The standard InChI is InChI=1S/C23H18FN5O8/c1-13(26-27-23(31)22(30)25-17-6-4-3-5-16(17)24)14-7-9-20(21(11-14)36-2)37-19-10-8-15(28(32)33)12-18(19)29(34)35/h3-12H,1-2H3,(H,25,30)(H,27,31). The van der Waals surface area contributed by atoms with Gasteiger partial charge in [0.2, 0.25) is 5.75 Å². The van der Waals surface area contributed by atoms with Crippen LogP contribution in [-0.4, -0.2) is 34.5 Å². The Morgan fingerprint density at radius 2 is 1.62 bits per heavy atom. The summed E-state index contributed by atoms with van der Waals surface area (Å²) in [5.41, 5.74) is 1.48. The highest BCUT2D eigenvalue weighted by Crippen LogP contribution is 2.38. The number of nitrogens with one attached hydrogen (secondary N) is 2. The first kappa shape index (κ1) is 26.2. The lowest BCUT2D eigenvalue weighted by molar-refractivity contribution is -0.394. The molecule has 190 valence electrons. The van der Waals surface area contributed by atoms with E-state index in [2.05, 4.69) is 15.8 Å². The largest absolute Gasteiger partial charge is 0.493 e. The van der Waals surface area contributed by atoms with Crippen molar-refractivity contribution in [3.05, 3.63) is 92.3 Å². The molecule has 0 bridgehead atoms. The first-order valence-corrected chi connectivity index (χ1v) is 10.3. The van der Waals surface area contributed by atoms with E-state index in [1.807, 2.05) is 0 Å². The minimum atomic E-state index is -1.14. The summed E-state index contributed by atoms with van der Waals surface area (Å²) >= 11 is 0. The van der Waals surface area contributed by atoms with Crippen molar-refractivity contribution in [3.63, 3.8) is 0 Å². The predicted octanol–water partition coefficient (Wildman–Crippen LogP) is 3.92. The van der Waals surface area contributed by atoms with Gasteiger partial charge in [0.15, 0.2) is 11.5 Å². The summed E-state index contributed by atoms with van der Waals surface area (Å²) < 4.78 is 24.5. The molecule has 0 aliphatic rings. The molecule has 0 aliphatic carbocycles. The van der Waals surface area contributed by atoms with Crippen molar-refractivity contribution in [1.82, 2.24) is 5.43 Å². The van der Waals surface area contributed by atoms with Gasteiger partial charge in [-0.05, 0) is 43.3 Å². The van der Waals surface area contributed by atoms with E-state index in [-0.39, 0.29) is 28.6 Å². The number of amides is 2. The minimum absolute atomic E-state index is 0.0595. The quantitative estimate of drug-likeness (QED) is 0.198. The smallest absolute Gasteiger partial charge is 0.329 e. The molecular weight excluding hydrogens is 493 g/mol. The van der Waals surface area contributed by atoms with Crippen LogP contribution in [0.1, 0.15) is 12.5 Å². The number of halogens is 1. The van der Waals surface area contributed by atoms with Crippen molar-refractivity contribution < 1.29 is 33.3 Å². The number of hydrazone groups is 1. The maximum absolute atomic E-state index is 13.6. The maximum atomic E-state index is 13.6. The van der Waals surface area contributed by atoms with Gasteiger partial charge in [-0.2, -0.15) is 5.10 Å². The van der Waals surface area contributed by atoms with Gasteiger partial charge in [-0.25, -0.2) is 9.82 Å². The van der Waals surface area contributed by atoms with Gasteiger partial charge < -0.3 is 14.8 Å². The SMILES string of the molecule is COc1cc(C(C)=NNC(=O)C(=O)Nc2ccccc2F)ccc1Oc1ccc([N+](=O)[O-])cc1[N+](=O)[O-]. The van der Waals surface area contributed by atoms with Crippen LogP contribution in [0.25, 0.3) is 0 Å². The van der Waals surface area contributed by atoms with Gasteiger partial charge in [-0.3, -0.25) is 29.8 Å². The van der Waals surface area contributed by atoms with Crippen LogP contribution in [0.15, 0.2) is 65.8 Å². The monoisotopic (exact) mass is 511 g/mol. The first-order valence-electron chi connectivity index (χ1n) is 10.3. The molecule has 0 spiro atoms. The number of methoxy groups -OCH3 is 1. The van der Waals surface area contributed by atoms with Crippen molar-refractivity contribution in [2.24, 2.45) is 5.10 Å². The maximum Gasteiger partial charge on any atom is 0.329 e. The molecule has 0 saturated heterocycles. The fourth-order valence-corrected chi connectivity index (χ4v) is 2.94. The molecule has 0 aromatic heterocycles. The second-order valence-electron chi connectivity index (χ2n) is 7.21. The fourth-order valence-electron chi connectivity index (χ4n) is 2.94. The number of nitrogens with zero attached hydrogens (tertiary/aromatic N) is 3. The lowest BCUT2D eigenvalue weighted by Gasteiger charge is -2.12. The highest BCUT2D eigenvalue weighted by molar-refractivity contribution is 6.39. The number of ether oxygens (including phenoxy) is 2. The molecule has 14 heteroatoms. The summed E-state index contributed by atoms with van der Waals surface area (Å²) in [4.78, 5) is 44.7. The van der Waals surface area contributed by atoms with Crippen LogP contribution in [0.5, 0.6) is 17.2 Å². The zero-order valence-electron chi connectivity index (χ0n) is 19.3. The van der Waals surface area contributed by atoms with E-state index < -0.39 is 38.9 Å². The Kier molecular flexibility index (Phi) is 8.04. The third-order valence-electron chi connectivity index (χ3n) is 4.80. The zero-order chi connectivity index (χ0) is 27.1. The Labute approximate surface area is 207 Å². The van der Waals surface area contributed by atoms with Crippen LogP contribution in [-0.2, 0) is 9.59 Å². The number of nitro benzene ring substituents is 2. The lowest BCUT2D eigenvalue weighted by atomic mass is 10.1. The Balaban J connectivity index is 1.76. The number of carbonyl (C=O) groups excluding carboxylic acids is 2. The average Bonchev–Trinajstić information content (AvgIpc) is 2.88. The topological polar surface area (TPSA) is 175 Å². The number of anilines is 1. The molecule has 0 heterocycles. The van der Waals surface area contributed by atoms with Gasteiger partial charge in [0.05, 0.1) is 34.4 Å². The van der Waals surface area contributed by atoms with E-state index in [0.29, 0.717) is 5.56 Å². The van der Waals surface area contributed by atoms with Gasteiger partial charge in [0, 0.05) is 11.6 Å². The van der Waals surface area contributed by atoms with Crippen LogP contribution in [0, 0.1) is 26.0 Å². The number of hydrogen-bond acceptors (Lipinski definition) is 9. The summed E-state index contributed by atoms with van der Waals surface area (Å²) in [6, 6.07) is 12.6. The van der Waals surface area contributed by atoms with Gasteiger partial charge in [0.25, 0.3) is 5.69 Å². The molecule has 0 aliphatic heterocycles. The summed E-state index contributed by atoms with van der Waals surface area (Å²) in [6.45, 7) is 1.52. The normalized spacial score (nSPS) is 10.8. The Morgan fingerprint density at radius 3 is 2.27 bits per heavy atom. The van der Waals surface area contributed by atoms with Crippen molar-refractivity contribution in [2.75, 3.05) is 12.4 Å². The van der Waals surface area contributed by atoms with E-state index in [1.54, 1.807) is 0 Å². The summed E-state index contributed by atoms with van der Waals surface area (Å²) in [5, 5.41) is 28.2. The molecule has 0 unspecified atom stereocenters. The third-order valence-corrected chi connectivity index (χ3v) is 4.80. The third kappa shape index (κ3) is 6.39. The second kappa shape index (κ2) is 11.4.